The molecule has 0 radical (unpaired) electrons. The van der Waals surface area contributed by atoms with Crippen molar-refractivity contribution < 1.29 is 77.7 Å². The Morgan fingerprint density at radius 3 is 2.11 bits per heavy atom. The number of fused-ring (bicyclic) bond motifs is 2. The van der Waals surface area contributed by atoms with Gasteiger partial charge >= 0.3 is 5.97 Å². The molecule has 11 amide bonds. The number of nitrogens with one attached hydrogen (secondary N) is 12. The quantitative estimate of drug-likeness (QED) is 0.0169. The first kappa shape index (κ1) is 76.0. The van der Waals surface area contributed by atoms with Gasteiger partial charge in [0, 0.05) is 87.7 Å². The maximum absolute atomic E-state index is 15.1. The van der Waals surface area contributed by atoms with Gasteiger partial charge < -0.3 is 100 Å². The normalized spacial score (nSPS) is 21.9. The van der Waals surface area contributed by atoms with E-state index >= 15 is 4.79 Å². The summed E-state index contributed by atoms with van der Waals surface area (Å²) in [7, 11) is 0. The number of carbonyl (C=O) groups is 12. The molecule has 0 spiro atoms. The third-order valence-corrected chi connectivity index (χ3v) is 16.2. The number of carbonyl (C=O) groups excluding carboxylic acids is 12. The zero-order valence-electron chi connectivity index (χ0n) is 54.3. The molecule has 2 saturated heterocycles. The number of primary amides is 1. The van der Waals surface area contributed by atoms with Gasteiger partial charge in [0.1, 0.15) is 60.4 Å². The molecule has 0 saturated carbocycles. The lowest BCUT2D eigenvalue weighted by molar-refractivity contribution is -0.152. The Morgan fingerprint density at radius 1 is 0.763 bits per heavy atom. The number of aliphatic imine (C=N–C) groups is 1. The number of hydrogen-bond donors (Lipinski definition) is 18. The number of nitrogens with zero attached hydrogens (tertiary/aromatic N) is 3. The van der Waals surface area contributed by atoms with Gasteiger partial charge in [-0.2, -0.15) is 5.48 Å². The Morgan fingerprint density at radius 2 is 1.43 bits per heavy atom. The summed E-state index contributed by atoms with van der Waals surface area (Å²) < 4.78 is 0. The molecular formula is C63H90N18O16. The summed E-state index contributed by atoms with van der Waals surface area (Å²) in [5, 5.41) is 55.9. The molecule has 12 atom stereocenters. The predicted molar refractivity (Wildman–Crippen MR) is 348 cm³/mol. The number of benzene rings is 2. The van der Waals surface area contributed by atoms with Crippen molar-refractivity contribution in [1.29, 1.82) is 0 Å². The van der Waals surface area contributed by atoms with Crippen molar-refractivity contribution in [2.24, 2.45) is 22.2 Å². The van der Waals surface area contributed by atoms with Crippen LogP contribution in [0.3, 0.4) is 0 Å². The van der Waals surface area contributed by atoms with E-state index in [-0.39, 0.29) is 89.7 Å². The van der Waals surface area contributed by atoms with Crippen molar-refractivity contribution in [2.45, 2.75) is 183 Å². The van der Waals surface area contributed by atoms with Crippen molar-refractivity contribution in [3.63, 3.8) is 0 Å². The fourth-order valence-electron chi connectivity index (χ4n) is 11.1. The second-order valence-corrected chi connectivity index (χ2v) is 23.9. The van der Waals surface area contributed by atoms with Crippen LogP contribution in [0.1, 0.15) is 108 Å². The molecule has 2 aromatic carbocycles. The van der Waals surface area contributed by atoms with E-state index in [1.165, 1.54) is 19.4 Å². The summed E-state index contributed by atoms with van der Waals surface area (Å²) in [6.45, 7) is 2.73. The van der Waals surface area contributed by atoms with Crippen LogP contribution in [0.4, 0.5) is 0 Å². The number of hydrogen-bond acceptors (Lipinski definition) is 19. The van der Waals surface area contributed by atoms with Gasteiger partial charge in [-0.05, 0) is 69.1 Å². The van der Waals surface area contributed by atoms with Crippen LogP contribution in [-0.2, 0) is 81.6 Å². The van der Waals surface area contributed by atoms with Gasteiger partial charge in [-0.1, -0.05) is 68.3 Å². The van der Waals surface area contributed by atoms with E-state index in [0.29, 0.717) is 23.2 Å². The lowest BCUT2D eigenvalue weighted by Crippen LogP contribution is -2.62. The zero-order valence-corrected chi connectivity index (χ0v) is 54.3. The molecule has 2 fully saturated rings. The zero-order chi connectivity index (χ0) is 70.7. The third-order valence-electron chi connectivity index (χ3n) is 16.2. The molecule has 2 aliphatic rings. The number of aromatic nitrogens is 3. The molecule has 34 nitrogen and oxygen atoms in total. The average Bonchev–Trinajstić information content (AvgIpc) is 1.72. The standard InChI is InChI=1S/C63H90N18O16/c1-4-5-17-43(75-61(95)52(34(2)83)80-58(92)48(27-38-30-67-33-70-38)78-59(93)49(32-82)72-35(3)84)54(88)76-45-21-22-51(86)97-71-24-12-11-19-42(53(64)87)73-57(91)47(26-37-29-69-41-18-10-9-16-40(37)41)77-55(89)44(20-13-23-68-63(65)66)74-56(90)46(25-36-14-7-6-8-15-36)79-60(94)50-28-39(85)31-81(50)62(45)96/h6-10,14-16,18,29-30,33-34,39,42-50,52,69,71,82-83,85H,4-5,11-13,17,19-28,31-32H2,1-3H3,(H2,64,87)(H,67,70)(H,72,84)(H,73,91)(H,74,90)(H,75,95)(H,76,88)(H,77,89)(H,78,93)(H,79,94)(H,80,92)(H4,65,66,68)/t34?,39?,42-,43-,44-,45-,46+,47-,48-,49+,50-,52-/m0/s1. The number of amides is 11. The highest BCUT2D eigenvalue weighted by Crippen LogP contribution is 2.23. The molecule has 0 aliphatic carbocycles. The van der Waals surface area contributed by atoms with E-state index < -0.39 is 170 Å². The Bertz CT molecular complexity index is 3380. The largest absolute Gasteiger partial charge is 0.394 e. The number of unbranched alkanes of at least 4 members (excludes halogenated alkanes) is 1. The van der Waals surface area contributed by atoms with Gasteiger partial charge in [-0.15, -0.1) is 0 Å². The highest BCUT2D eigenvalue weighted by Gasteiger charge is 2.44. The molecule has 21 N–H and O–H groups in total. The van der Waals surface area contributed by atoms with E-state index in [1.807, 2.05) is 18.2 Å². The van der Waals surface area contributed by atoms with Gasteiger partial charge in [0.25, 0.3) is 0 Å². The minimum Gasteiger partial charge on any atom is -0.394 e. The summed E-state index contributed by atoms with van der Waals surface area (Å²) in [4.78, 5) is 189. The molecule has 97 heavy (non-hydrogen) atoms. The van der Waals surface area contributed by atoms with Crippen molar-refractivity contribution >= 4 is 87.8 Å². The summed E-state index contributed by atoms with van der Waals surface area (Å²) in [6, 6.07) is 0.488. The van der Waals surface area contributed by atoms with Gasteiger partial charge in [-0.3, -0.25) is 62.5 Å². The lowest BCUT2D eigenvalue weighted by Gasteiger charge is -2.31. The molecule has 2 aliphatic heterocycles. The molecule has 2 unspecified atom stereocenters. The summed E-state index contributed by atoms with van der Waals surface area (Å²) in [5.41, 5.74) is 21.8. The van der Waals surface area contributed by atoms with Gasteiger partial charge in [0.05, 0.1) is 25.1 Å². The number of aliphatic hydroxyl groups is 3. The fraction of sp³-hybridized carbons (Fsp3) is 0.524. The summed E-state index contributed by atoms with van der Waals surface area (Å²) >= 11 is 0. The number of para-hydroxylation sites is 1. The highest BCUT2D eigenvalue weighted by atomic mass is 16.7. The Labute approximate surface area is 558 Å². The number of rotatable bonds is 25. The molecular weight excluding hydrogens is 1260 g/mol. The Hall–Kier alpha value is -10.1. The Kier molecular flexibility index (Phi) is 29.7. The number of nitrogens with two attached hydrogens (primary N) is 3. The molecule has 6 rings (SSSR count). The summed E-state index contributed by atoms with van der Waals surface area (Å²) in [6.07, 6.45) is 0.357. The van der Waals surface area contributed by atoms with Crippen LogP contribution in [0.5, 0.6) is 0 Å². The molecule has 34 heteroatoms. The third kappa shape index (κ3) is 23.7. The van der Waals surface area contributed by atoms with Gasteiger partial charge in [-0.25, -0.2) is 4.98 Å². The molecule has 4 aromatic rings. The van der Waals surface area contributed by atoms with Crippen LogP contribution < -0.4 is 70.5 Å². The number of imidazole rings is 1. The van der Waals surface area contributed by atoms with Crippen molar-refractivity contribution in [1.82, 2.24) is 73.2 Å². The second-order valence-electron chi connectivity index (χ2n) is 23.9. The minimum absolute atomic E-state index is 0.00255. The monoisotopic (exact) mass is 1350 g/mol. The lowest BCUT2D eigenvalue weighted by atomic mass is 10.0. The van der Waals surface area contributed by atoms with Crippen LogP contribution in [-0.4, -0.2) is 211 Å². The number of hydroxylamine groups is 1. The molecule has 2 aromatic heterocycles. The number of guanidine groups is 1. The SMILES string of the molecule is CCCC[C@H](NC(=O)[C@@H](NC(=O)[C@H](Cc1cnc[nH]1)NC(=O)[C@@H](CO)NC(C)=O)C(C)O)C(=O)N[C@H]1CCC(=O)ONCCCC[C@@H](C(N)=O)NC(=O)[C@H](Cc2c[nH]c3ccccc23)NC(=O)[C@H](CCCN=C(N)N)NC(=O)[C@@H](Cc2ccccc2)NC(=O)[C@@H]2CC(O)CN2C1=O. The molecule has 0 bridgehead atoms. The number of H-pyrrole nitrogens is 2. The number of aliphatic hydroxyl groups excluding tert-OH is 3. The van der Waals surface area contributed by atoms with Crippen molar-refractivity contribution in [2.75, 3.05) is 26.2 Å². The first-order chi connectivity index (χ1) is 46.3. The minimum atomic E-state index is -1.81. The van der Waals surface area contributed by atoms with Crippen molar-refractivity contribution in [3.05, 3.63) is 90.1 Å². The molecule has 4 heterocycles. The molecule has 528 valence electrons. The van der Waals surface area contributed by atoms with Crippen molar-refractivity contribution in [3.8, 4) is 0 Å². The number of aromatic amines is 2. The maximum Gasteiger partial charge on any atom is 0.324 e. The van der Waals surface area contributed by atoms with Crippen LogP contribution in [0.15, 0.2) is 78.3 Å². The van der Waals surface area contributed by atoms with E-state index in [4.69, 9.17) is 22.0 Å². The van der Waals surface area contributed by atoms with Crippen LogP contribution >= 0.6 is 0 Å². The summed E-state index contributed by atoms with van der Waals surface area (Å²) in [5.74, 6) is -11.3. The predicted octanol–water partition coefficient (Wildman–Crippen LogP) is -4.62. The van der Waals surface area contributed by atoms with Gasteiger partial charge in [0.2, 0.25) is 65.0 Å². The van der Waals surface area contributed by atoms with E-state index in [0.717, 1.165) is 22.7 Å². The van der Waals surface area contributed by atoms with Gasteiger partial charge in [0.15, 0.2) is 5.96 Å². The van der Waals surface area contributed by atoms with E-state index in [2.05, 4.69) is 73.3 Å². The topological polar surface area (TPSA) is 533 Å². The van der Waals surface area contributed by atoms with E-state index in [9.17, 15) is 68.1 Å². The first-order valence-corrected chi connectivity index (χ1v) is 32.2. The second kappa shape index (κ2) is 37.9. The first-order valence-electron chi connectivity index (χ1n) is 32.2. The van der Waals surface area contributed by atoms with E-state index in [1.54, 1.807) is 49.5 Å². The fourth-order valence-corrected chi connectivity index (χ4v) is 11.1. The van der Waals surface area contributed by atoms with Crippen LogP contribution in [0, 0.1) is 0 Å². The smallest absolute Gasteiger partial charge is 0.324 e. The Balaban J connectivity index is 1.31. The average molecular weight is 1360 g/mol. The highest BCUT2D eigenvalue weighted by molar-refractivity contribution is 6.00. The van der Waals surface area contributed by atoms with Crippen LogP contribution in [0.25, 0.3) is 10.9 Å². The van der Waals surface area contributed by atoms with Crippen LogP contribution in [0.2, 0.25) is 0 Å². The maximum atomic E-state index is 15.1.